The Kier molecular flexibility index (Phi) is 4.81. The highest BCUT2D eigenvalue weighted by molar-refractivity contribution is 5.74. The summed E-state index contributed by atoms with van der Waals surface area (Å²) >= 11 is 0. The Morgan fingerprint density at radius 3 is 2.14 bits per heavy atom. The second-order valence-corrected chi connectivity index (χ2v) is 5.63. The van der Waals surface area contributed by atoms with Crippen LogP contribution in [0.5, 0.6) is 11.5 Å². The van der Waals surface area contributed by atoms with E-state index in [9.17, 15) is 13.6 Å². The van der Waals surface area contributed by atoms with Crippen LogP contribution in [-0.4, -0.2) is 25.3 Å². The van der Waals surface area contributed by atoms with Gasteiger partial charge in [0, 0.05) is 6.92 Å². The van der Waals surface area contributed by atoms with Crippen LogP contribution in [0.4, 0.5) is 8.78 Å². The molecular weight excluding hydrogens is 282 g/mol. The van der Waals surface area contributed by atoms with Crippen LogP contribution in [-0.2, 0) is 17.1 Å². The minimum Gasteiger partial charge on any atom is -0.493 e. The highest BCUT2D eigenvalue weighted by atomic mass is 19.3. The Bertz CT molecular complexity index is 533. The lowest BCUT2D eigenvalue weighted by atomic mass is 9.85. The zero-order valence-electron chi connectivity index (χ0n) is 12.8. The third-order valence-corrected chi connectivity index (χ3v) is 3.24. The van der Waals surface area contributed by atoms with E-state index in [2.05, 4.69) is 0 Å². The van der Waals surface area contributed by atoms with Crippen LogP contribution in [0.1, 0.15) is 31.9 Å². The minimum absolute atomic E-state index is 0.0399. The fourth-order valence-corrected chi connectivity index (χ4v) is 2.04. The van der Waals surface area contributed by atoms with Gasteiger partial charge < -0.3 is 14.6 Å². The van der Waals surface area contributed by atoms with Gasteiger partial charge in [-0.15, -0.1) is 0 Å². The van der Waals surface area contributed by atoms with Crippen LogP contribution in [0.2, 0.25) is 0 Å². The smallest absolute Gasteiger partial charge is 0.309 e. The standard InChI is InChI=1S/C15H20F2O4/c1-14(2,13(18)19)8-9-6-10(15(3,16)17)12(21-5)11(7-9)20-4/h6-7H,8H2,1-5H3,(H,18,19). The van der Waals surface area contributed by atoms with Gasteiger partial charge in [-0.3, -0.25) is 4.79 Å². The maximum Gasteiger partial charge on any atom is 0.309 e. The van der Waals surface area contributed by atoms with Gasteiger partial charge in [0.1, 0.15) is 0 Å². The topological polar surface area (TPSA) is 55.8 Å². The molecule has 0 unspecified atom stereocenters. The Hall–Kier alpha value is -1.85. The zero-order valence-corrected chi connectivity index (χ0v) is 12.8. The van der Waals surface area contributed by atoms with Crippen LogP contribution in [0.3, 0.4) is 0 Å². The number of alkyl halides is 2. The third kappa shape index (κ3) is 3.83. The molecule has 0 saturated heterocycles. The molecule has 1 aromatic carbocycles. The number of hydrogen-bond donors (Lipinski definition) is 1. The normalized spacial score (nSPS) is 12.1. The number of methoxy groups -OCH3 is 2. The molecule has 1 aromatic rings. The molecule has 0 radical (unpaired) electrons. The lowest BCUT2D eigenvalue weighted by molar-refractivity contribution is -0.146. The molecule has 6 heteroatoms. The minimum atomic E-state index is -3.12. The summed E-state index contributed by atoms with van der Waals surface area (Å²) in [6, 6.07) is 2.80. The van der Waals surface area contributed by atoms with Crippen molar-refractivity contribution >= 4 is 5.97 Å². The molecule has 0 aromatic heterocycles. The second kappa shape index (κ2) is 5.87. The van der Waals surface area contributed by atoms with E-state index >= 15 is 0 Å². The number of rotatable bonds is 6. The Morgan fingerprint density at radius 1 is 1.19 bits per heavy atom. The number of aliphatic carboxylic acids is 1. The first-order chi connectivity index (χ1) is 9.52. The average molecular weight is 302 g/mol. The molecule has 0 aliphatic rings. The Morgan fingerprint density at radius 2 is 1.76 bits per heavy atom. The molecule has 0 bridgehead atoms. The van der Waals surface area contributed by atoms with Gasteiger partial charge in [0.2, 0.25) is 0 Å². The molecule has 1 rings (SSSR count). The molecule has 118 valence electrons. The van der Waals surface area contributed by atoms with Crippen molar-refractivity contribution in [1.29, 1.82) is 0 Å². The zero-order chi connectivity index (χ0) is 16.4. The number of carbonyl (C=O) groups is 1. The highest BCUT2D eigenvalue weighted by Gasteiger charge is 2.33. The van der Waals surface area contributed by atoms with Crippen molar-refractivity contribution in [2.24, 2.45) is 5.41 Å². The maximum atomic E-state index is 13.7. The van der Waals surface area contributed by atoms with Crippen LogP contribution in [0, 0.1) is 5.41 Å². The van der Waals surface area contributed by atoms with Crippen molar-refractivity contribution in [2.75, 3.05) is 14.2 Å². The number of carboxylic acid groups (broad SMARTS) is 1. The predicted octanol–water partition coefficient (Wildman–Crippen LogP) is 3.47. The van der Waals surface area contributed by atoms with E-state index in [1.54, 1.807) is 0 Å². The fourth-order valence-electron chi connectivity index (χ4n) is 2.04. The highest BCUT2D eigenvalue weighted by Crippen LogP contribution is 2.42. The number of ether oxygens (including phenoxy) is 2. The van der Waals surface area contributed by atoms with Crippen molar-refractivity contribution in [3.05, 3.63) is 23.3 Å². The number of carboxylic acids is 1. The van der Waals surface area contributed by atoms with E-state index in [1.165, 1.54) is 40.2 Å². The Labute approximate surface area is 122 Å². The van der Waals surface area contributed by atoms with Gasteiger partial charge in [-0.05, 0) is 38.0 Å². The first-order valence-corrected chi connectivity index (χ1v) is 6.39. The van der Waals surface area contributed by atoms with Crippen LogP contribution in [0.25, 0.3) is 0 Å². The van der Waals surface area contributed by atoms with Crippen LogP contribution >= 0.6 is 0 Å². The van der Waals surface area contributed by atoms with Gasteiger partial charge in [-0.2, -0.15) is 0 Å². The largest absolute Gasteiger partial charge is 0.493 e. The molecule has 0 spiro atoms. The molecule has 0 aliphatic heterocycles. The van der Waals surface area contributed by atoms with Gasteiger partial charge in [0.05, 0.1) is 25.2 Å². The van der Waals surface area contributed by atoms with Crippen LogP contribution < -0.4 is 9.47 Å². The molecule has 0 amide bonds. The van der Waals surface area contributed by atoms with Crippen molar-refractivity contribution in [1.82, 2.24) is 0 Å². The van der Waals surface area contributed by atoms with Crippen molar-refractivity contribution in [2.45, 2.75) is 33.1 Å². The predicted molar refractivity (Wildman–Crippen MR) is 74.2 cm³/mol. The third-order valence-electron chi connectivity index (χ3n) is 3.24. The molecule has 0 atom stereocenters. The SMILES string of the molecule is COc1cc(CC(C)(C)C(=O)O)cc(C(C)(F)F)c1OC. The van der Waals surface area contributed by atoms with Gasteiger partial charge in [0.25, 0.3) is 5.92 Å². The van der Waals surface area contributed by atoms with Crippen molar-refractivity contribution in [3.8, 4) is 11.5 Å². The van der Waals surface area contributed by atoms with Gasteiger partial charge in [-0.25, -0.2) is 8.78 Å². The summed E-state index contributed by atoms with van der Waals surface area (Å²) in [4.78, 5) is 11.2. The van der Waals surface area contributed by atoms with E-state index in [0.717, 1.165) is 6.92 Å². The Balaban J connectivity index is 3.40. The summed E-state index contributed by atoms with van der Waals surface area (Å²) in [6.45, 7) is 3.84. The summed E-state index contributed by atoms with van der Waals surface area (Å²) in [7, 11) is 2.63. The molecule has 0 aliphatic carbocycles. The summed E-state index contributed by atoms with van der Waals surface area (Å²) < 4.78 is 37.6. The summed E-state index contributed by atoms with van der Waals surface area (Å²) in [5.41, 5.74) is -0.933. The molecule has 4 nitrogen and oxygen atoms in total. The number of hydrogen-bond acceptors (Lipinski definition) is 3. The first-order valence-electron chi connectivity index (χ1n) is 6.39. The molecular formula is C15H20F2O4. The van der Waals surface area contributed by atoms with Crippen molar-refractivity contribution in [3.63, 3.8) is 0 Å². The fraction of sp³-hybridized carbons (Fsp3) is 0.533. The summed E-state index contributed by atoms with van der Waals surface area (Å²) in [6.07, 6.45) is 0.103. The molecule has 0 heterocycles. The van der Waals surface area contributed by atoms with Gasteiger partial charge in [-0.1, -0.05) is 0 Å². The quantitative estimate of drug-likeness (QED) is 0.874. The molecule has 1 N–H and O–H groups in total. The molecule has 0 saturated carbocycles. The van der Waals surface area contributed by atoms with Gasteiger partial charge >= 0.3 is 5.97 Å². The maximum absolute atomic E-state index is 13.7. The van der Waals surface area contributed by atoms with Crippen molar-refractivity contribution < 1.29 is 28.2 Å². The monoisotopic (exact) mass is 302 g/mol. The second-order valence-electron chi connectivity index (χ2n) is 5.63. The lowest BCUT2D eigenvalue weighted by Crippen LogP contribution is -2.26. The van der Waals surface area contributed by atoms with E-state index in [1.807, 2.05) is 0 Å². The lowest BCUT2D eigenvalue weighted by Gasteiger charge is -2.23. The number of benzene rings is 1. The van der Waals surface area contributed by atoms with E-state index in [4.69, 9.17) is 14.6 Å². The molecule has 21 heavy (non-hydrogen) atoms. The summed E-state index contributed by atoms with van der Waals surface area (Å²) in [5, 5.41) is 9.15. The number of halogens is 2. The van der Waals surface area contributed by atoms with Crippen LogP contribution in [0.15, 0.2) is 12.1 Å². The summed E-state index contributed by atoms with van der Waals surface area (Å²) in [5.74, 6) is -4.00. The first kappa shape index (κ1) is 17.2. The van der Waals surface area contributed by atoms with Gasteiger partial charge in [0.15, 0.2) is 11.5 Å². The van der Waals surface area contributed by atoms with E-state index < -0.39 is 17.3 Å². The van der Waals surface area contributed by atoms with E-state index in [0.29, 0.717) is 5.56 Å². The molecule has 0 fully saturated rings. The van der Waals surface area contributed by atoms with E-state index in [-0.39, 0.29) is 23.5 Å². The average Bonchev–Trinajstić information content (AvgIpc) is 2.35.